The summed E-state index contributed by atoms with van der Waals surface area (Å²) in [5.41, 5.74) is 1.08. The van der Waals surface area contributed by atoms with Gasteiger partial charge < -0.3 is 23.7 Å². The number of methoxy groups -OCH3 is 2. The van der Waals surface area contributed by atoms with Gasteiger partial charge in [0.25, 0.3) is 11.8 Å². The maximum atomic E-state index is 13.3. The molecular weight excluding hydrogens is 540 g/mol. The first kappa shape index (κ1) is 26.6. The van der Waals surface area contributed by atoms with E-state index in [1.54, 1.807) is 12.1 Å². The maximum Gasteiger partial charge on any atom is 0.338 e. The average molecular weight is 563 g/mol. The Labute approximate surface area is 233 Å². The van der Waals surface area contributed by atoms with Gasteiger partial charge in [-0.25, -0.2) is 4.79 Å². The number of thiocarbonyl (C=S) groups is 1. The molecule has 1 saturated heterocycles. The van der Waals surface area contributed by atoms with Crippen LogP contribution < -0.4 is 14.2 Å². The fraction of sp³-hybridized carbons (Fsp3) is 0.179. The quantitative estimate of drug-likeness (QED) is 0.283. The molecule has 2 aromatic rings. The highest BCUT2D eigenvalue weighted by molar-refractivity contribution is 7.82. The van der Waals surface area contributed by atoms with Gasteiger partial charge in [-0.2, -0.15) is 0 Å². The molecule has 5 rings (SSSR count). The van der Waals surface area contributed by atoms with Crippen molar-refractivity contribution in [1.29, 1.82) is 0 Å². The van der Waals surface area contributed by atoms with Crippen LogP contribution in [0.2, 0.25) is 0 Å². The number of ether oxygens (including phenoxy) is 5. The molecule has 3 aliphatic rings. The second-order valence-corrected chi connectivity index (χ2v) is 9.15. The predicted molar refractivity (Wildman–Crippen MR) is 143 cm³/mol. The molecule has 2 amide bonds. The average Bonchev–Trinajstić information content (AvgIpc) is 3.25. The van der Waals surface area contributed by atoms with E-state index in [0.29, 0.717) is 28.9 Å². The Hall–Kier alpha value is -4.97. The molecule has 0 aliphatic carbocycles. The lowest BCUT2D eigenvalue weighted by Crippen LogP contribution is -2.57. The zero-order valence-corrected chi connectivity index (χ0v) is 22.3. The fourth-order valence-corrected chi connectivity index (χ4v) is 4.63. The van der Waals surface area contributed by atoms with E-state index in [2.05, 4.69) is 0 Å². The van der Waals surface area contributed by atoms with Crippen molar-refractivity contribution in [2.45, 2.75) is 12.1 Å². The number of fused-ring (bicyclic) bond motifs is 3. The van der Waals surface area contributed by atoms with Crippen LogP contribution >= 0.6 is 12.2 Å². The van der Waals surface area contributed by atoms with Gasteiger partial charge in [-0.15, -0.1) is 0 Å². The van der Waals surface area contributed by atoms with E-state index in [9.17, 15) is 19.2 Å². The number of rotatable bonds is 7. The first-order chi connectivity index (χ1) is 19.3. The number of aldehydes is 1. The summed E-state index contributed by atoms with van der Waals surface area (Å²) >= 11 is 5.16. The van der Waals surface area contributed by atoms with E-state index in [0.717, 1.165) is 4.90 Å². The molecular formula is C28H22N2O9S. The van der Waals surface area contributed by atoms with E-state index < -0.39 is 29.9 Å². The SMILES string of the molecule is COc1cc(C=O)ccc1Oc1cc(C(=O)O[C@H]2C=COC=C3C=C4C(=O)N(C)C(=S)C(=O)N4[C@@H]32)ccc1OC. The molecule has 0 bridgehead atoms. The largest absolute Gasteiger partial charge is 0.493 e. The number of likely N-dealkylation sites (N-methyl/N-ethyl adjacent to an activating group) is 1. The number of amides is 2. The number of esters is 1. The molecule has 0 aromatic heterocycles. The summed E-state index contributed by atoms with van der Waals surface area (Å²) in [5.74, 6) is -0.666. The zero-order chi connectivity index (χ0) is 28.6. The molecule has 3 aliphatic heterocycles. The van der Waals surface area contributed by atoms with Crippen molar-refractivity contribution in [3.63, 3.8) is 0 Å². The Morgan fingerprint density at radius 3 is 2.48 bits per heavy atom. The Morgan fingerprint density at radius 1 is 1.00 bits per heavy atom. The molecule has 0 saturated carbocycles. The Bertz CT molecular complexity index is 1540. The number of hydrogen-bond acceptors (Lipinski definition) is 10. The smallest absolute Gasteiger partial charge is 0.338 e. The summed E-state index contributed by atoms with van der Waals surface area (Å²) in [4.78, 5) is 52.5. The van der Waals surface area contributed by atoms with Crippen LogP contribution in [0, 0.1) is 0 Å². The highest BCUT2D eigenvalue weighted by Crippen LogP contribution is 2.39. The molecule has 0 unspecified atom stereocenters. The summed E-state index contributed by atoms with van der Waals surface area (Å²) in [6.07, 6.45) is 5.36. The Kier molecular flexibility index (Phi) is 7.09. The monoisotopic (exact) mass is 562 g/mol. The third-order valence-electron chi connectivity index (χ3n) is 6.46. The number of piperazine rings is 1. The van der Waals surface area contributed by atoms with Gasteiger partial charge in [0, 0.05) is 18.2 Å². The van der Waals surface area contributed by atoms with E-state index >= 15 is 0 Å². The predicted octanol–water partition coefficient (Wildman–Crippen LogP) is 3.16. The van der Waals surface area contributed by atoms with Gasteiger partial charge in [0.15, 0.2) is 28.0 Å². The Balaban J connectivity index is 1.42. The molecule has 0 radical (unpaired) electrons. The number of carbonyl (C=O) groups is 4. The lowest BCUT2D eigenvalue weighted by molar-refractivity contribution is -0.135. The van der Waals surface area contributed by atoms with Crippen molar-refractivity contribution < 1.29 is 42.9 Å². The second kappa shape index (κ2) is 10.7. The van der Waals surface area contributed by atoms with E-state index in [1.807, 2.05) is 0 Å². The minimum Gasteiger partial charge on any atom is -0.493 e. The summed E-state index contributed by atoms with van der Waals surface area (Å²) in [6, 6.07) is 8.22. The molecule has 1 fully saturated rings. The van der Waals surface area contributed by atoms with E-state index in [4.69, 9.17) is 35.9 Å². The van der Waals surface area contributed by atoms with Crippen LogP contribution in [0.5, 0.6) is 23.0 Å². The van der Waals surface area contributed by atoms with Crippen LogP contribution in [0.25, 0.3) is 0 Å². The van der Waals surface area contributed by atoms with Crippen molar-refractivity contribution >= 4 is 41.3 Å². The Morgan fingerprint density at radius 2 is 1.75 bits per heavy atom. The molecule has 204 valence electrons. The van der Waals surface area contributed by atoms with E-state index in [1.165, 1.54) is 75.1 Å². The summed E-state index contributed by atoms with van der Waals surface area (Å²) in [6.45, 7) is 0. The standard InChI is InChI=1S/C28H22N2O9S/c1-29-25(32)18-11-17-14-37-9-8-21(24(17)30(18)26(33)27(29)40)39-28(34)16-5-7-19(35-2)23(12-16)38-20-6-4-15(13-31)10-22(20)36-3/h4-14,21,24H,1-3H3/t21-,24-/m0/s1. The molecule has 11 nitrogen and oxygen atoms in total. The van der Waals surface area contributed by atoms with Crippen LogP contribution in [-0.4, -0.2) is 72.3 Å². The molecule has 3 heterocycles. The first-order valence-corrected chi connectivity index (χ1v) is 12.3. The number of nitrogens with zero attached hydrogens (tertiary/aromatic N) is 2. The lowest BCUT2D eigenvalue weighted by atomic mass is 10.0. The van der Waals surface area contributed by atoms with Gasteiger partial charge >= 0.3 is 5.97 Å². The van der Waals surface area contributed by atoms with Crippen molar-refractivity contribution in [2.24, 2.45) is 0 Å². The van der Waals surface area contributed by atoms with Crippen LogP contribution in [0.15, 0.2) is 72.3 Å². The van der Waals surface area contributed by atoms with Crippen LogP contribution in [0.1, 0.15) is 20.7 Å². The van der Waals surface area contributed by atoms with Crippen LogP contribution in [-0.2, 0) is 19.1 Å². The third kappa shape index (κ3) is 4.58. The molecule has 0 N–H and O–H groups in total. The van der Waals surface area contributed by atoms with Crippen molar-refractivity contribution in [2.75, 3.05) is 21.3 Å². The van der Waals surface area contributed by atoms with E-state index in [-0.39, 0.29) is 27.7 Å². The maximum absolute atomic E-state index is 13.3. The third-order valence-corrected chi connectivity index (χ3v) is 6.91. The zero-order valence-electron chi connectivity index (χ0n) is 21.5. The number of benzene rings is 2. The molecule has 2 atom stereocenters. The van der Waals surface area contributed by atoms with Crippen molar-refractivity contribution in [1.82, 2.24) is 9.80 Å². The lowest BCUT2D eigenvalue weighted by Gasteiger charge is -2.36. The minimum atomic E-state index is -1.01. The summed E-state index contributed by atoms with van der Waals surface area (Å²) < 4.78 is 27.9. The number of hydrogen-bond donors (Lipinski definition) is 0. The summed E-state index contributed by atoms with van der Waals surface area (Å²) in [7, 11) is 4.30. The topological polar surface area (TPSA) is 121 Å². The van der Waals surface area contributed by atoms with Crippen LogP contribution in [0.3, 0.4) is 0 Å². The molecule has 2 aromatic carbocycles. The molecule has 40 heavy (non-hydrogen) atoms. The van der Waals surface area contributed by atoms with Gasteiger partial charge in [0.05, 0.1) is 32.3 Å². The molecule has 0 spiro atoms. The van der Waals surface area contributed by atoms with Gasteiger partial charge in [-0.3, -0.25) is 24.2 Å². The van der Waals surface area contributed by atoms with Gasteiger partial charge in [-0.1, -0.05) is 12.2 Å². The van der Waals surface area contributed by atoms with Crippen molar-refractivity contribution in [3.05, 3.63) is 83.5 Å². The first-order valence-electron chi connectivity index (χ1n) is 11.9. The highest BCUT2D eigenvalue weighted by atomic mass is 32.1. The second-order valence-electron chi connectivity index (χ2n) is 8.77. The fourth-order valence-electron chi connectivity index (χ4n) is 4.45. The summed E-state index contributed by atoms with van der Waals surface area (Å²) in [5, 5.41) is 0. The number of carbonyl (C=O) groups excluding carboxylic acids is 4. The van der Waals surface area contributed by atoms with Gasteiger partial charge in [0.1, 0.15) is 24.1 Å². The normalized spacial score (nSPS) is 19.5. The minimum absolute atomic E-state index is 0.104. The van der Waals surface area contributed by atoms with Crippen LogP contribution in [0.4, 0.5) is 0 Å². The highest BCUT2D eigenvalue weighted by Gasteiger charge is 2.49. The van der Waals surface area contributed by atoms with Crippen molar-refractivity contribution in [3.8, 4) is 23.0 Å². The molecule has 12 heteroatoms. The van der Waals surface area contributed by atoms with Gasteiger partial charge in [-0.05, 0) is 48.6 Å². The van der Waals surface area contributed by atoms with Gasteiger partial charge in [0.2, 0.25) is 0 Å².